The Bertz CT molecular complexity index is 1240. The Balaban J connectivity index is 1.73. The van der Waals surface area contributed by atoms with Crippen LogP contribution in [0, 0.1) is 6.92 Å². The molecule has 0 saturated carbocycles. The summed E-state index contributed by atoms with van der Waals surface area (Å²) < 4.78 is 6.60. The summed E-state index contributed by atoms with van der Waals surface area (Å²) in [7, 11) is 0. The van der Waals surface area contributed by atoms with Crippen LogP contribution < -0.4 is 5.32 Å². The molecule has 4 aromatic rings. The van der Waals surface area contributed by atoms with Crippen molar-refractivity contribution < 1.29 is 14.3 Å². The van der Waals surface area contributed by atoms with Gasteiger partial charge in [0.2, 0.25) is 5.78 Å². The van der Waals surface area contributed by atoms with Gasteiger partial charge in [0.05, 0.1) is 22.3 Å². The second-order valence-corrected chi connectivity index (χ2v) is 7.42. The molecule has 30 heavy (non-hydrogen) atoms. The largest absolute Gasteiger partial charge is 0.445 e. The molecule has 0 aliphatic heterocycles. The molecule has 3 aromatic heterocycles. The summed E-state index contributed by atoms with van der Waals surface area (Å²) in [5, 5.41) is 8.96. The van der Waals surface area contributed by atoms with Crippen LogP contribution in [0.4, 0.5) is 10.5 Å². The molecule has 0 bridgehead atoms. The van der Waals surface area contributed by atoms with Gasteiger partial charge in [0.1, 0.15) is 6.61 Å². The van der Waals surface area contributed by atoms with E-state index in [2.05, 4.69) is 22.0 Å². The van der Waals surface area contributed by atoms with Crippen molar-refractivity contribution in [3.63, 3.8) is 0 Å². The molecule has 0 saturated heterocycles. The number of amides is 1. The molecule has 0 radical (unpaired) electrons. The lowest BCUT2D eigenvalue weighted by molar-refractivity contribution is 0.104. The van der Waals surface area contributed by atoms with Crippen LogP contribution in [-0.2, 0) is 4.74 Å². The molecule has 1 aromatic carbocycles. The first-order valence-corrected chi connectivity index (χ1v) is 10.0. The summed E-state index contributed by atoms with van der Waals surface area (Å²) >= 11 is 1.38. The number of fused-ring (bicyclic) bond motifs is 1. The number of aryl methyl sites for hydroxylation is 1. The van der Waals surface area contributed by atoms with Gasteiger partial charge in [0.25, 0.3) is 0 Å². The molecule has 4 rings (SSSR count). The van der Waals surface area contributed by atoms with Gasteiger partial charge in [-0.3, -0.25) is 10.1 Å². The van der Waals surface area contributed by atoms with Gasteiger partial charge < -0.3 is 4.74 Å². The molecule has 150 valence electrons. The van der Waals surface area contributed by atoms with Crippen LogP contribution in [0.25, 0.3) is 16.9 Å². The number of rotatable bonds is 6. The number of carbonyl (C=O) groups excluding carboxylic acids is 2. The number of ketones is 1. The number of benzene rings is 1. The van der Waals surface area contributed by atoms with E-state index < -0.39 is 6.09 Å². The van der Waals surface area contributed by atoms with E-state index in [4.69, 9.17) is 4.74 Å². The quantitative estimate of drug-likeness (QED) is 0.361. The lowest BCUT2D eigenvalue weighted by Crippen LogP contribution is -2.13. The molecule has 1 amide bonds. The molecule has 7 nitrogen and oxygen atoms in total. The first-order chi connectivity index (χ1) is 14.6. The predicted molar refractivity (Wildman–Crippen MR) is 116 cm³/mol. The summed E-state index contributed by atoms with van der Waals surface area (Å²) in [6, 6.07) is 12.8. The standard InChI is InChI=1S/C22H18N4O3S/c1-3-9-29-22(28)25-16-7-4-6-15(12-16)18-11-14(2)24-21-17(13-23-26(18)21)20(27)19-8-5-10-30-19/h3-8,10-13H,1,9H2,2H3,(H,25,28). The number of ether oxygens (including phenoxy) is 1. The normalized spacial score (nSPS) is 10.7. The van der Waals surface area contributed by atoms with E-state index in [-0.39, 0.29) is 12.4 Å². The van der Waals surface area contributed by atoms with E-state index in [1.165, 1.54) is 17.4 Å². The molecule has 3 heterocycles. The Kier molecular flexibility index (Phi) is 5.40. The minimum absolute atomic E-state index is 0.107. The van der Waals surface area contributed by atoms with Crippen molar-refractivity contribution in [3.05, 3.63) is 82.8 Å². The van der Waals surface area contributed by atoms with Gasteiger partial charge in [-0.15, -0.1) is 11.3 Å². The zero-order valence-corrected chi connectivity index (χ0v) is 17.0. The maximum Gasteiger partial charge on any atom is 0.411 e. The molecule has 0 atom stereocenters. The summed E-state index contributed by atoms with van der Waals surface area (Å²) in [5.41, 5.74) is 3.83. The molecular weight excluding hydrogens is 400 g/mol. The number of thiophene rings is 1. The Labute approximate surface area is 176 Å². The third-order valence-corrected chi connectivity index (χ3v) is 5.20. The Morgan fingerprint density at radius 1 is 1.27 bits per heavy atom. The second kappa shape index (κ2) is 8.30. The molecule has 0 fully saturated rings. The van der Waals surface area contributed by atoms with Crippen LogP contribution in [0.15, 0.2) is 66.7 Å². The van der Waals surface area contributed by atoms with Crippen molar-refractivity contribution in [1.29, 1.82) is 0 Å². The fourth-order valence-electron chi connectivity index (χ4n) is 3.04. The zero-order valence-electron chi connectivity index (χ0n) is 16.2. The van der Waals surface area contributed by atoms with Crippen LogP contribution >= 0.6 is 11.3 Å². The van der Waals surface area contributed by atoms with Crippen molar-refractivity contribution in [2.75, 3.05) is 11.9 Å². The van der Waals surface area contributed by atoms with Gasteiger partial charge in [0.15, 0.2) is 5.65 Å². The molecular formula is C22H18N4O3S. The molecule has 0 aliphatic rings. The maximum absolute atomic E-state index is 12.9. The van der Waals surface area contributed by atoms with Gasteiger partial charge in [-0.1, -0.05) is 30.9 Å². The van der Waals surface area contributed by atoms with Gasteiger partial charge in [0, 0.05) is 16.9 Å². The van der Waals surface area contributed by atoms with E-state index in [1.54, 1.807) is 22.8 Å². The van der Waals surface area contributed by atoms with Crippen molar-refractivity contribution in [2.24, 2.45) is 0 Å². The fraction of sp³-hybridized carbons (Fsp3) is 0.0909. The van der Waals surface area contributed by atoms with E-state index in [0.29, 0.717) is 21.8 Å². The Hall–Kier alpha value is -3.78. The lowest BCUT2D eigenvalue weighted by atomic mass is 10.1. The number of hydrogen-bond donors (Lipinski definition) is 1. The summed E-state index contributed by atoms with van der Waals surface area (Å²) in [4.78, 5) is 29.9. The molecule has 0 spiro atoms. The van der Waals surface area contributed by atoms with Crippen molar-refractivity contribution in [2.45, 2.75) is 6.92 Å². The highest BCUT2D eigenvalue weighted by molar-refractivity contribution is 7.12. The van der Waals surface area contributed by atoms with Gasteiger partial charge in [-0.2, -0.15) is 5.10 Å². The Morgan fingerprint density at radius 2 is 2.13 bits per heavy atom. The molecule has 1 N–H and O–H groups in total. The van der Waals surface area contributed by atoms with E-state index >= 15 is 0 Å². The average molecular weight is 418 g/mol. The SMILES string of the molecule is C=CCOC(=O)Nc1cccc(-c2cc(C)nc3c(C(=O)c4cccs4)cnn23)c1. The van der Waals surface area contributed by atoms with Gasteiger partial charge >= 0.3 is 6.09 Å². The van der Waals surface area contributed by atoms with E-state index in [1.807, 2.05) is 42.6 Å². The minimum atomic E-state index is -0.564. The zero-order chi connectivity index (χ0) is 21.1. The summed E-state index contributed by atoms with van der Waals surface area (Å²) in [6.07, 6.45) is 2.48. The smallest absolute Gasteiger partial charge is 0.411 e. The topological polar surface area (TPSA) is 85.6 Å². The maximum atomic E-state index is 12.9. The van der Waals surface area contributed by atoms with E-state index in [0.717, 1.165) is 17.0 Å². The Morgan fingerprint density at radius 3 is 2.90 bits per heavy atom. The highest BCUT2D eigenvalue weighted by Gasteiger charge is 2.19. The number of anilines is 1. The molecule has 8 heteroatoms. The van der Waals surface area contributed by atoms with E-state index in [9.17, 15) is 9.59 Å². The highest BCUT2D eigenvalue weighted by atomic mass is 32.1. The summed E-state index contributed by atoms with van der Waals surface area (Å²) in [6.45, 7) is 5.51. The van der Waals surface area contributed by atoms with Crippen molar-refractivity contribution in [3.8, 4) is 11.3 Å². The van der Waals surface area contributed by atoms with Crippen molar-refractivity contribution in [1.82, 2.24) is 14.6 Å². The fourth-order valence-corrected chi connectivity index (χ4v) is 3.71. The average Bonchev–Trinajstić information content (AvgIpc) is 3.41. The lowest BCUT2D eigenvalue weighted by Gasteiger charge is -2.10. The molecule has 0 aliphatic carbocycles. The van der Waals surface area contributed by atoms with Crippen LogP contribution in [0.1, 0.15) is 20.9 Å². The van der Waals surface area contributed by atoms with Crippen LogP contribution in [0.2, 0.25) is 0 Å². The predicted octanol–water partition coefficient (Wildman–Crippen LogP) is 4.73. The molecule has 0 unspecified atom stereocenters. The van der Waals surface area contributed by atoms with Gasteiger partial charge in [-0.25, -0.2) is 14.3 Å². The number of nitrogens with zero attached hydrogens (tertiary/aromatic N) is 3. The van der Waals surface area contributed by atoms with Crippen molar-refractivity contribution >= 4 is 34.5 Å². The van der Waals surface area contributed by atoms with Crippen LogP contribution in [0.3, 0.4) is 0 Å². The van der Waals surface area contributed by atoms with Crippen LogP contribution in [0.5, 0.6) is 0 Å². The minimum Gasteiger partial charge on any atom is -0.445 e. The summed E-state index contributed by atoms with van der Waals surface area (Å²) in [5.74, 6) is -0.107. The highest BCUT2D eigenvalue weighted by Crippen LogP contribution is 2.26. The first kappa shape index (κ1) is 19.5. The first-order valence-electron chi connectivity index (χ1n) is 9.15. The second-order valence-electron chi connectivity index (χ2n) is 6.48. The number of nitrogens with one attached hydrogen (secondary N) is 1. The van der Waals surface area contributed by atoms with Gasteiger partial charge in [-0.05, 0) is 36.6 Å². The number of hydrogen-bond acceptors (Lipinski definition) is 6. The number of aromatic nitrogens is 3. The third kappa shape index (κ3) is 3.85. The number of carbonyl (C=O) groups is 2. The van der Waals surface area contributed by atoms with Crippen LogP contribution in [-0.4, -0.2) is 33.1 Å². The monoisotopic (exact) mass is 418 g/mol. The third-order valence-electron chi connectivity index (χ3n) is 4.33.